The van der Waals surface area contributed by atoms with Crippen molar-refractivity contribution in [2.24, 2.45) is 10.2 Å². The molecule has 0 radical (unpaired) electrons. The van der Waals surface area contributed by atoms with Crippen LogP contribution in [0.3, 0.4) is 0 Å². The molecule has 0 N–H and O–H groups in total. The van der Waals surface area contributed by atoms with Crippen molar-refractivity contribution in [2.75, 3.05) is 24.6 Å². The first-order valence-corrected chi connectivity index (χ1v) is 9.34. The zero-order valence-corrected chi connectivity index (χ0v) is 16.4. The van der Waals surface area contributed by atoms with Gasteiger partial charge in [-0.1, -0.05) is 6.58 Å². The predicted molar refractivity (Wildman–Crippen MR) is 112 cm³/mol. The molecule has 2 aromatic rings. The average Bonchev–Trinajstić information content (AvgIpc) is 2.75. The fourth-order valence-electron chi connectivity index (χ4n) is 2.59. The predicted octanol–water partition coefficient (Wildman–Crippen LogP) is 5.35. The van der Waals surface area contributed by atoms with Crippen LogP contribution < -0.4 is 4.90 Å². The summed E-state index contributed by atoms with van der Waals surface area (Å²) in [6.45, 7) is 7.55. The number of nitro groups is 1. The zero-order valence-electron chi connectivity index (χ0n) is 16.4. The first kappa shape index (κ1) is 21.7. The van der Waals surface area contributed by atoms with Crippen molar-refractivity contribution in [3.8, 4) is 0 Å². The molecule has 0 bridgehead atoms. The zero-order chi connectivity index (χ0) is 21.1. The third-order valence-electron chi connectivity index (χ3n) is 4.17. The summed E-state index contributed by atoms with van der Waals surface area (Å²) in [5.74, 6) is -0.393. The molecule has 152 valence electrons. The van der Waals surface area contributed by atoms with Crippen LogP contribution in [0, 0.1) is 10.1 Å². The van der Waals surface area contributed by atoms with Crippen LogP contribution in [-0.4, -0.2) is 30.6 Å². The highest BCUT2D eigenvalue weighted by molar-refractivity contribution is 5.81. The van der Waals surface area contributed by atoms with Gasteiger partial charge in [-0.05, 0) is 56.2 Å². The van der Waals surface area contributed by atoms with Gasteiger partial charge in [-0.2, -0.15) is 10.2 Å². The maximum atomic E-state index is 11.0. The number of anilines is 1. The highest BCUT2D eigenvalue weighted by Crippen LogP contribution is 2.23. The largest absolute Gasteiger partial charge is 0.463 e. The second kappa shape index (κ2) is 11.3. The first-order valence-electron chi connectivity index (χ1n) is 9.34. The summed E-state index contributed by atoms with van der Waals surface area (Å²) in [7, 11) is 0. The molecule has 8 heteroatoms. The van der Waals surface area contributed by atoms with Crippen molar-refractivity contribution in [3.05, 3.63) is 71.3 Å². The van der Waals surface area contributed by atoms with Crippen LogP contribution in [0.15, 0.2) is 71.4 Å². The number of ether oxygens (including phenoxy) is 1. The van der Waals surface area contributed by atoms with E-state index in [0.29, 0.717) is 18.0 Å². The van der Waals surface area contributed by atoms with Gasteiger partial charge in [-0.3, -0.25) is 10.1 Å². The minimum atomic E-state index is -0.451. The van der Waals surface area contributed by atoms with Crippen molar-refractivity contribution in [3.63, 3.8) is 0 Å². The molecule has 0 aliphatic rings. The van der Waals surface area contributed by atoms with Gasteiger partial charge in [-0.25, -0.2) is 4.79 Å². The van der Waals surface area contributed by atoms with Crippen LogP contribution in [0.1, 0.15) is 19.8 Å². The van der Waals surface area contributed by atoms with E-state index in [2.05, 4.69) is 28.6 Å². The molecule has 0 spiro atoms. The lowest BCUT2D eigenvalue weighted by molar-refractivity contribution is -0.384. The Morgan fingerprint density at radius 3 is 2.21 bits per heavy atom. The van der Waals surface area contributed by atoms with E-state index in [4.69, 9.17) is 4.74 Å². The molecule has 0 fully saturated rings. The number of esters is 1. The lowest BCUT2D eigenvalue weighted by Crippen LogP contribution is -2.24. The fourth-order valence-corrected chi connectivity index (χ4v) is 2.59. The number of hydrogen-bond acceptors (Lipinski definition) is 7. The molecule has 0 saturated heterocycles. The maximum Gasteiger partial charge on any atom is 0.330 e. The van der Waals surface area contributed by atoms with E-state index in [-0.39, 0.29) is 5.69 Å². The average molecular weight is 396 g/mol. The molecule has 29 heavy (non-hydrogen) atoms. The van der Waals surface area contributed by atoms with E-state index in [9.17, 15) is 14.9 Å². The SMILES string of the molecule is C=CC(=O)OCCCCN(CC)c1ccc(N=Nc2ccc([N+](=O)[O-])cc2)cc1. The Balaban J connectivity index is 1.87. The molecule has 0 aromatic heterocycles. The number of carbonyl (C=O) groups excluding carboxylic acids is 1. The Hall–Kier alpha value is -3.55. The lowest BCUT2D eigenvalue weighted by Gasteiger charge is -2.23. The minimum Gasteiger partial charge on any atom is -0.463 e. The van der Waals surface area contributed by atoms with Crippen molar-refractivity contribution in [1.82, 2.24) is 0 Å². The van der Waals surface area contributed by atoms with Gasteiger partial charge in [0, 0.05) is 37.0 Å². The van der Waals surface area contributed by atoms with Crippen LogP contribution in [0.5, 0.6) is 0 Å². The molecular formula is C21H24N4O4. The molecule has 0 amide bonds. The topological polar surface area (TPSA) is 97.4 Å². The molecular weight excluding hydrogens is 372 g/mol. The van der Waals surface area contributed by atoms with Crippen LogP contribution in [0.25, 0.3) is 0 Å². The number of unbranched alkanes of at least 4 members (excludes halogenated alkanes) is 1. The van der Waals surface area contributed by atoms with E-state index in [1.807, 2.05) is 24.3 Å². The fraction of sp³-hybridized carbons (Fsp3) is 0.286. The van der Waals surface area contributed by atoms with Gasteiger partial charge in [0.1, 0.15) is 0 Å². The summed E-state index contributed by atoms with van der Waals surface area (Å²) < 4.78 is 4.98. The van der Waals surface area contributed by atoms with Crippen LogP contribution in [0.4, 0.5) is 22.7 Å². The van der Waals surface area contributed by atoms with E-state index in [0.717, 1.165) is 31.6 Å². The standard InChI is InChI=1S/C21H24N4O4/c1-3-21(26)29-16-6-5-15-24(4-2)19-11-7-17(8-12-19)22-23-18-9-13-20(14-10-18)25(27)28/h3,7-14H,1,4-6,15-16H2,2H3. The van der Waals surface area contributed by atoms with E-state index in [1.54, 1.807) is 12.1 Å². The number of hydrogen-bond donors (Lipinski definition) is 0. The second-order valence-electron chi connectivity index (χ2n) is 6.15. The summed E-state index contributed by atoms with van der Waals surface area (Å²) in [5, 5.41) is 18.9. The van der Waals surface area contributed by atoms with E-state index < -0.39 is 10.9 Å². The number of nitro benzene ring substituents is 1. The molecule has 0 aliphatic carbocycles. The molecule has 0 atom stereocenters. The molecule has 0 aliphatic heterocycles. The molecule has 0 saturated carbocycles. The molecule has 0 unspecified atom stereocenters. The Labute approximate surface area is 169 Å². The maximum absolute atomic E-state index is 11.0. The summed E-state index contributed by atoms with van der Waals surface area (Å²) in [5.41, 5.74) is 2.34. The number of rotatable bonds is 11. The van der Waals surface area contributed by atoms with Gasteiger partial charge >= 0.3 is 5.97 Å². The van der Waals surface area contributed by atoms with Gasteiger partial charge in [0.05, 0.1) is 22.9 Å². The number of nitrogens with zero attached hydrogens (tertiary/aromatic N) is 4. The normalized spacial score (nSPS) is 10.7. The highest BCUT2D eigenvalue weighted by Gasteiger charge is 2.05. The summed E-state index contributed by atoms with van der Waals surface area (Å²) in [6, 6.07) is 13.6. The van der Waals surface area contributed by atoms with Crippen LogP contribution >= 0.6 is 0 Å². The van der Waals surface area contributed by atoms with Crippen LogP contribution in [0.2, 0.25) is 0 Å². The molecule has 2 rings (SSSR count). The Morgan fingerprint density at radius 1 is 1.10 bits per heavy atom. The third kappa shape index (κ3) is 7.17. The van der Waals surface area contributed by atoms with Gasteiger partial charge in [0.2, 0.25) is 0 Å². The van der Waals surface area contributed by atoms with Gasteiger partial charge in [0.25, 0.3) is 5.69 Å². The van der Waals surface area contributed by atoms with Crippen molar-refractivity contribution in [1.29, 1.82) is 0 Å². The lowest BCUT2D eigenvalue weighted by atomic mass is 10.2. The highest BCUT2D eigenvalue weighted by atomic mass is 16.6. The molecule has 2 aromatic carbocycles. The monoisotopic (exact) mass is 396 g/mol. The molecule has 0 heterocycles. The Kier molecular flexibility index (Phi) is 8.50. The first-order chi connectivity index (χ1) is 14.0. The summed E-state index contributed by atoms with van der Waals surface area (Å²) in [6.07, 6.45) is 2.86. The van der Waals surface area contributed by atoms with Crippen LogP contribution in [-0.2, 0) is 9.53 Å². The van der Waals surface area contributed by atoms with Crippen molar-refractivity contribution < 1.29 is 14.5 Å². The Morgan fingerprint density at radius 2 is 1.69 bits per heavy atom. The number of azo groups is 1. The minimum absolute atomic E-state index is 0.0202. The van der Waals surface area contributed by atoms with E-state index >= 15 is 0 Å². The number of non-ortho nitro benzene ring substituents is 1. The van der Waals surface area contributed by atoms with E-state index in [1.165, 1.54) is 18.2 Å². The van der Waals surface area contributed by atoms with Gasteiger partial charge in [0.15, 0.2) is 0 Å². The van der Waals surface area contributed by atoms with Gasteiger partial charge < -0.3 is 9.64 Å². The smallest absolute Gasteiger partial charge is 0.330 e. The Bertz CT molecular complexity index is 848. The summed E-state index contributed by atoms with van der Waals surface area (Å²) >= 11 is 0. The summed E-state index contributed by atoms with van der Waals surface area (Å²) in [4.78, 5) is 23.5. The third-order valence-corrected chi connectivity index (χ3v) is 4.17. The van der Waals surface area contributed by atoms with Crippen molar-refractivity contribution >= 4 is 28.7 Å². The number of carbonyl (C=O) groups is 1. The van der Waals surface area contributed by atoms with Crippen molar-refractivity contribution in [2.45, 2.75) is 19.8 Å². The quantitative estimate of drug-likeness (QED) is 0.127. The van der Waals surface area contributed by atoms with Gasteiger partial charge in [-0.15, -0.1) is 0 Å². The second-order valence-corrected chi connectivity index (χ2v) is 6.15. The molecule has 8 nitrogen and oxygen atoms in total. The number of benzene rings is 2.